The molecule has 1 fully saturated rings. The van der Waals surface area contributed by atoms with Crippen molar-refractivity contribution in [1.82, 2.24) is 9.21 Å². The van der Waals surface area contributed by atoms with Gasteiger partial charge in [-0.3, -0.25) is 4.79 Å². The molecule has 1 amide bonds. The van der Waals surface area contributed by atoms with Crippen molar-refractivity contribution in [3.63, 3.8) is 0 Å². The molecule has 2 aromatic carbocycles. The monoisotopic (exact) mass is 424 g/mol. The standard InChI is InChI=1S/C21H20N4O4S/c22-15-16-6-8-18(9-7-16)30(27,28)25-12-10-24(11-13-25)21(26)19-14-20(29-23-19)17-4-2-1-3-5-17/h1-9,20H,10-14H2/t20-/m0/s1. The number of piperazine rings is 1. The van der Waals surface area contributed by atoms with Gasteiger partial charge in [-0.15, -0.1) is 0 Å². The van der Waals surface area contributed by atoms with Crippen molar-refractivity contribution in [3.05, 3.63) is 65.7 Å². The lowest BCUT2D eigenvalue weighted by atomic mass is 10.0. The second kappa shape index (κ2) is 8.26. The van der Waals surface area contributed by atoms with Crippen molar-refractivity contribution in [2.75, 3.05) is 26.2 Å². The van der Waals surface area contributed by atoms with E-state index in [1.54, 1.807) is 4.90 Å². The third kappa shape index (κ3) is 3.92. The van der Waals surface area contributed by atoms with Gasteiger partial charge in [0.25, 0.3) is 5.91 Å². The van der Waals surface area contributed by atoms with E-state index in [-0.39, 0.29) is 43.1 Å². The fourth-order valence-electron chi connectivity index (χ4n) is 3.51. The second-order valence-corrected chi connectivity index (χ2v) is 9.02. The van der Waals surface area contributed by atoms with E-state index in [0.717, 1.165) is 5.56 Å². The first kappa shape index (κ1) is 20.1. The summed E-state index contributed by atoms with van der Waals surface area (Å²) >= 11 is 0. The van der Waals surface area contributed by atoms with E-state index < -0.39 is 10.0 Å². The Balaban J connectivity index is 1.36. The van der Waals surface area contributed by atoms with E-state index in [0.29, 0.717) is 17.7 Å². The van der Waals surface area contributed by atoms with Crippen LogP contribution in [0.15, 0.2) is 64.6 Å². The molecule has 0 spiro atoms. The molecule has 4 rings (SSSR count). The molecule has 30 heavy (non-hydrogen) atoms. The highest BCUT2D eigenvalue weighted by Crippen LogP contribution is 2.28. The Bertz CT molecular complexity index is 1100. The summed E-state index contributed by atoms with van der Waals surface area (Å²) in [6.07, 6.45) is 0.121. The van der Waals surface area contributed by atoms with E-state index >= 15 is 0 Å². The molecule has 2 heterocycles. The molecule has 154 valence electrons. The molecule has 2 aromatic rings. The van der Waals surface area contributed by atoms with Gasteiger partial charge in [-0.2, -0.15) is 9.57 Å². The van der Waals surface area contributed by atoms with Gasteiger partial charge in [0.15, 0.2) is 6.10 Å². The smallest absolute Gasteiger partial charge is 0.271 e. The number of rotatable bonds is 4. The number of oxime groups is 1. The normalized spacial score (nSPS) is 19.6. The van der Waals surface area contributed by atoms with Crippen LogP contribution in [-0.4, -0.2) is 55.4 Å². The molecule has 1 saturated heterocycles. The van der Waals surface area contributed by atoms with Crippen LogP contribution in [0.4, 0.5) is 0 Å². The maximum atomic E-state index is 12.8. The van der Waals surface area contributed by atoms with Gasteiger partial charge < -0.3 is 9.74 Å². The van der Waals surface area contributed by atoms with Crippen LogP contribution in [0.3, 0.4) is 0 Å². The first-order valence-corrected chi connectivity index (χ1v) is 11.0. The summed E-state index contributed by atoms with van der Waals surface area (Å²) < 4.78 is 27.0. The van der Waals surface area contributed by atoms with Gasteiger partial charge >= 0.3 is 0 Å². The lowest BCUT2D eigenvalue weighted by Gasteiger charge is -2.33. The van der Waals surface area contributed by atoms with Crippen molar-refractivity contribution in [3.8, 4) is 6.07 Å². The van der Waals surface area contributed by atoms with E-state index in [9.17, 15) is 13.2 Å². The fraction of sp³-hybridized carbons (Fsp3) is 0.286. The minimum atomic E-state index is -3.67. The number of hydrogen-bond donors (Lipinski definition) is 0. The van der Waals surface area contributed by atoms with Gasteiger partial charge in [-0.05, 0) is 29.8 Å². The Hall–Kier alpha value is -3.22. The molecule has 9 heteroatoms. The topological polar surface area (TPSA) is 103 Å². The highest BCUT2D eigenvalue weighted by atomic mass is 32.2. The lowest BCUT2D eigenvalue weighted by molar-refractivity contribution is -0.125. The molecule has 0 N–H and O–H groups in total. The van der Waals surface area contributed by atoms with Crippen LogP contribution in [0.1, 0.15) is 23.7 Å². The van der Waals surface area contributed by atoms with Crippen molar-refractivity contribution >= 4 is 21.6 Å². The van der Waals surface area contributed by atoms with Gasteiger partial charge in [0.2, 0.25) is 10.0 Å². The van der Waals surface area contributed by atoms with Crippen LogP contribution >= 0.6 is 0 Å². The Labute approximate surface area is 175 Å². The minimum absolute atomic E-state index is 0.139. The summed E-state index contributed by atoms with van der Waals surface area (Å²) in [4.78, 5) is 20.0. The highest BCUT2D eigenvalue weighted by molar-refractivity contribution is 7.89. The van der Waals surface area contributed by atoms with Gasteiger partial charge in [0, 0.05) is 32.6 Å². The van der Waals surface area contributed by atoms with E-state index in [1.165, 1.54) is 28.6 Å². The zero-order chi connectivity index (χ0) is 21.1. The number of benzene rings is 2. The van der Waals surface area contributed by atoms with Crippen molar-refractivity contribution < 1.29 is 18.0 Å². The Morgan fingerprint density at radius 1 is 1.03 bits per heavy atom. The first-order valence-electron chi connectivity index (χ1n) is 9.56. The maximum absolute atomic E-state index is 12.8. The highest BCUT2D eigenvalue weighted by Gasteiger charge is 2.34. The predicted molar refractivity (Wildman–Crippen MR) is 109 cm³/mol. The fourth-order valence-corrected chi connectivity index (χ4v) is 4.94. The quantitative estimate of drug-likeness (QED) is 0.746. The van der Waals surface area contributed by atoms with E-state index in [2.05, 4.69) is 5.16 Å². The Morgan fingerprint density at radius 3 is 2.33 bits per heavy atom. The van der Waals surface area contributed by atoms with Crippen LogP contribution in [-0.2, 0) is 19.7 Å². The summed E-state index contributed by atoms with van der Waals surface area (Å²) in [5.41, 5.74) is 1.72. The number of carbonyl (C=O) groups is 1. The van der Waals surface area contributed by atoms with E-state index in [1.807, 2.05) is 36.4 Å². The van der Waals surface area contributed by atoms with Crippen LogP contribution in [0.5, 0.6) is 0 Å². The zero-order valence-corrected chi connectivity index (χ0v) is 17.0. The number of nitrogens with zero attached hydrogens (tertiary/aromatic N) is 4. The van der Waals surface area contributed by atoms with Crippen LogP contribution in [0, 0.1) is 11.3 Å². The SMILES string of the molecule is N#Cc1ccc(S(=O)(=O)N2CCN(C(=O)C3=NO[C@H](c4ccccc4)C3)CC2)cc1. The summed E-state index contributed by atoms with van der Waals surface area (Å²) in [6, 6.07) is 17.4. The lowest BCUT2D eigenvalue weighted by Crippen LogP contribution is -2.51. The molecule has 0 bridgehead atoms. The minimum Gasteiger partial charge on any atom is -0.387 e. The molecule has 2 aliphatic rings. The third-order valence-electron chi connectivity index (χ3n) is 5.23. The molecular weight excluding hydrogens is 404 g/mol. The number of amides is 1. The Morgan fingerprint density at radius 2 is 1.70 bits per heavy atom. The van der Waals surface area contributed by atoms with Gasteiger partial charge in [0.1, 0.15) is 5.71 Å². The second-order valence-electron chi connectivity index (χ2n) is 7.08. The van der Waals surface area contributed by atoms with Crippen LogP contribution in [0.25, 0.3) is 0 Å². The molecular formula is C21H20N4O4S. The summed E-state index contributed by atoms with van der Waals surface area (Å²) in [5.74, 6) is -0.219. The molecule has 0 radical (unpaired) electrons. The number of nitriles is 1. The van der Waals surface area contributed by atoms with Crippen molar-refractivity contribution in [2.45, 2.75) is 17.4 Å². The first-order chi connectivity index (χ1) is 14.5. The Kier molecular flexibility index (Phi) is 5.53. The molecule has 8 nitrogen and oxygen atoms in total. The molecule has 0 unspecified atom stereocenters. The van der Waals surface area contributed by atoms with Gasteiger partial charge in [-0.25, -0.2) is 8.42 Å². The number of carbonyl (C=O) groups excluding carboxylic acids is 1. The average Bonchev–Trinajstić information content (AvgIpc) is 3.30. The number of sulfonamides is 1. The molecule has 0 saturated carbocycles. The number of hydrogen-bond acceptors (Lipinski definition) is 6. The van der Waals surface area contributed by atoms with Crippen molar-refractivity contribution in [1.29, 1.82) is 5.26 Å². The maximum Gasteiger partial charge on any atom is 0.271 e. The summed E-state index contributed by atoms with van der Waals surface area (Å²) in [5, 5.41) is 12.8. The zero-order valence-electron chi connectivity index (χ0n) is 16.1. The van der Waals surface area contributed by atoms with Crippen molar-refractivity contribution in [2.24, 2.45) is 5.16 Å². The molecule has 0 aromatic heterocycles. The predicted octanol–water partition coefficient (Wildman–Crippen LogP) is 1.91. The van der Waals surface area contributed by atoms with E-state index in [4.69, 9.17) is 10.1 Å². The molecule has 2 aliphatic heterocycles. The average molecular weight is 424 g/mol. The largest absolute Gasteiger partial charge is 0.387 e. The van der Waals surface area contributed by atoms with Crippen LogP contribution < -0.4 is 0 Å². The molecule has 0 aliphatic carbocycles. The summed E-state index contributed by atoms with van der Waals surface area (Å²) in [6.45, 7) is 0.960. The molecule has 1 atom stereocenters. The summed E-state index contributed by atoms with van der Waals surface area (Å²) in [7, 11) is -3.67. The van der Waals surface area contributed by atoms with Crippen LogP contribution in [0.2, 0.25) is 0 Å². The van der Waals surface area contributed by atoms with Gasteiger partial charge in [0.05, 0.1) is 16.5 Å². The van der Waals surface area contributed by atoms with Gasteiger partial charge in [-0.1, -0.05) is 35.5 Å². The third-order valence-corrected chi connectivity index (χ3v) is 7.15.